The van der Waals surface area contributed by atoms with E-state index in [4.69, 9.17) is 9.84 Å². The molecule has 1 heterocycles. The molecule has 0 saturated carbocycles. The predicted octanol–water partition coefficient (Wildman–Crippen LogP) is 4.17. The smallest absolute Gasteiger partial charge is 0.304 e. The molecule has 0 aromatic heterocycles. The van der Waals surface area contributed by atoms with Crippen molar-refractivity contribution in [1.29, 1.82) is 0 Å². The Hall–Kier alpha value is -1.94. The van der Waals surface area contributed by atoms with Gasteiger partial charge in [0.05, 0.1) is 13.0 Å². The zero-order chi connectivity index (χ0) is 14.7. The molecule has 1 aliphatic heterocycles. The largest absolute Gasteiger partial charge is 0.492 e. The molecule has 0 unspecified atom stereocenters. The third kappa shape index (κ3) is 3.05. The van der Waals surface area contributed by atoms with Gasteiger partial charge in [-0.1, -0.05) is 36.4 Å². The van der Waals surface area contributed by atoms with Gasteiger partial charge in [-0.05, 0) is 11.5 Å². The summed E-state index contributed by atoms with van der Waals surface area (Å²) in [5, 5.41) is 11.1. The summed E-state index contributed by atoms with van der Waals surface area (Å²) >= 11 is 1.59. The van der Waals surface area contributed by atoms with Crippen molar-refractivity contribution in [3.05, 3.63) is 48.0 Å². The molecule has 0 spiro atoms. The van der Waals surface area contributed by atoms with E-state index in [0.29, 0.717) is 12.4 Å². The molecule has 0 saturated heterocycles. The maximum atomic E-state index is 10.7. The fourth-order valence-electron chi connectivity index (χ4n) is 2.44. The van der Waals surface area contributed by atoms with Crippen LogP contribution < -0.4 is 4.74 Å². The Balaban J connectivity index is 1.96. The number of aliphatic carboxylic acids is 1. The van der Waals surface area contributed by atoms with Gasteiger partial charge in [-0.15, -0.1) is 11.8 Å². The van der Waals surface area contributed by atoms with Crippen LogP contribution in [0, 0.1) is 0 Å². The summed E-state index contributed by atoms with van der Waals surface area (Å²) in [6.07, 6.45) is 3.16. The van der Waals surface area contributed by atoms with Gasteiger partial charge in [-0.25, -0.2) is 0 Å². The lowest BCUT2D eigenvalue weighted by atomic mass is 10.0. The number of hydrogen-bond acceptors (Lipinski definition) is 3. The summed E-state index contributed by atoms with van der Waals surface area (Å²) in [4.78, 5) is 11.8. The van der Waals surface area contributed by atoms with Gasteiger partial charge >= 0.3 is 5.97 Å². The fourth-order valence-corrected chi connectivity index (χ4v) is 3.49. The number of ether oxygens (including phenoxy) is 1. The summed E-state index contributed by atoms with van der Waals surface area (Å²) < 4.78 is 5.94. The average molecular weight is 300 g/mol. The summed E-state index contributed by atoms with van der Waals surface area (Å²) in [6.45, 7) is 0.657. The summed E-state index contributed by atoms with van der Waals surface area (Å²) in [7, 11) is 0. The van der Waals surface area contributed by atoms with Crippen LogP contribution in [-0.2, 0) is 4.79 Å². The third-order valence-corrected chi connectivity index (χ3v) is 4.52. The Kier molecular flexibility index (Phi) is 4.15. The molecule has 2 aromatic rings. The average Bonchev–Trinajstić information content (AvgIpc) is 2.69. The van der Waals surface area contributed by atoms with E-state index in [1.165, 1.54) is 0 Å². The first-order valence-electron chi connectivity index (χ1n) is 6.95. The zero-order valence-corrected chi connectivity index (χ0v) is 12.4. The van der Waals surface area contributed by atoms with E-state index >= 15 is 0 Å². The van der Waals surface area contributed by atoms with E-state index in [1.807, 2.05) is 12.1 Å². The molecule has 1 aliphatic rings. The van der Waals surface area contributed by atoms with Crippen molar-refractivity contribution in [3.8, 4) is 5.75 Å². The summed E-state index contributed by atoms with van der Waals surface area (Å²) in [6, 6.07) is 12.3. The van der Waals surface area contributed by atoms with Gasteiger partial charge in [-0.3, -0.25) is 4.79 Å². The Labute approximate surface area is 127 Å². The minimum atomic E-state index is -0.758. The topological polar surface area (TPSA) is 46.5 Å². The monoisotopic (exact) mass is 300 g/mol. The molecule has 21 heavy (non-hydrogen) atoms. The SMILES string of the molecule is O=C(O)CCSC1=CCCOc2c1ccc1ccccc21. The maximum Gasteiger partial charge on any atom is 0.304 e. The second kappa shape index (κ2) is 6.22. The Morgan fingerprint density at radius 1 is 1.24 bits per heavy atom. The summed E-state index contributed by atoms with van der Waals surface area (Å²) in [5.41, 5.74) is 1.07. The maximum absolute atomic E-state index is 10.7. The minimum Gasteiger partial charge on any atom is -0.492 e. The van der Waals surface area contributed by atoms with Crippen molar-refractivity contribution >= 4 is 33.4 Å². The highest BCUT2D eigenvalue weighted by Crippen LogP contribution is 2.40. The fraction of sp³-hybridized carbons (Fsp3) is 0.235. The molecule has 0 atom stereocenters. The van der Waals surface area contributed by atoms with Crippen molar-refractivity contribution < 1.29 is 14.6 Å². The molecule has 3 nitrogen and oxygen atoms in total. The van der Waals surface area contributed by atoms with Crippen molar-refractivity contribution in [2.45, 2.75) is 12.8 Å². The first-order chi connectivity index (χ1) is 10.3. The quantitative estimate of drug-likeness (QED) is 0.920. The molecule has 4 heteroatoms. The minimum absolute atomic E-state index is 0.172. The summed E-state index contributed by atoms with van der Waals surface area (Å²) in [5.74, 6) is 0.736. The van der Waals surface area contributed by atoms with Gasteiger partial charge in [0.2, 0.25) is 0 Å². The number of thioether (sulfide) groups is 1. The molecule has 108 valence electrons. The van der Waals surface area contributed by atoms with E-state index in [9.17, 15) is 4.79 Å². The first-order valence-corrected chi connectivity index (χ1v) is 7.94. The van der Waals surface area contributed by atoms with Gasteiger partial charge in [0, 0.05) is 28.0 Å². The number of benzene rings is 2. The van der Waals surface area contributed by atoms with Crippen LogP contribution in [0.1, 0.15) is 18.4 Å². The highest BCUT2D eigenvalue weighted by Gasteiger charge is 2.16. The van der Waals surface area contributed by atoms with Gasteiger partial charge in [0.1, 0.15) is 5.75 Å². The number of hydrogen-bond donors (Lipinski definition) is 1. The van der Waals surface area contributed by atoms with Crippen LogP contribution in [0.4, 0.5) is 0 Å². The molecular weight excluding hydrogens is 284 g/mol. The van der Waals surface area contributed by atoms with E-state index < -0.39 is 5.97 Å². The van der Waals surface area contributed by atoms with E-state index in [0.717, 1.165) is 33.4 Å². The lowest BCUT2D eigenvalue weighted by molar-refractivity contribution is -0.136. The number of carbonyl (C=O) groups is 1. The number of fused-ring (bicyclic) bond motifs is 3. The Bertz CT molecular complexity index is 706. The molecule has 0 amide bonds. The lowest BCUT2D eigenvalue weighted by Gasteiger charge is -2.13. The predicted molar refractivity (Wildman–Crippen MR) is 86.7 cm³/mol. The molecule has 1 N–H and O–H groups in total. The van der Waals surface area contributed by atoms with E-state index in [2.05, 4.69) is 30.3 Å². The zero-order valence-electron chi connectivity index (χ0n) is 11.5. The highest BCUT2D eigenvalue weighted by atomic mass is 32.2. The van der Waals surface area contributed by atoms with E-state index in [1.54, 1.807) is 11.8 Å². The number of rotatable bonds is 4. The standard InChI is InChI=1S/C17H16O3S/c18-16(19)9-11-21-15-6-3-10-20-17-13-5-2-1-4-12(13)7-8-14(15)17/h1-2,4-8H,3,9-11H2,(H,18,19). The molecule has 2 aromatic carbocycles. The molecule has 0 aliphatic carbocycles. The van der Waals surface area contributed by atoms with Crippen molar-refractivity contribution in [2.24, 2.45) is 0 Å². The Morgan fingerprint density at radius 3 is 2.95 bits per heavy atom. The Morgan fingerprint density at radius 2 is 2.10 bits per heavy atom. The van der Waals surface area contributed by atoms with Crippen molar-refractivity contribution in [1.82, 2.24) is 0 Å². The van der Waals surface area contributed by atoms with Crippen molar-refractivity contribution in [3.63, 3.8) is 0 Å². The van der Waals surface area contributed by atoms with Gasteiger partial charge < -0.3 is 9.84 Å². The number of carboxylic acid groups (broad SMARTS) is 1. The molecule has 0 bridgehead atoms. The van der Waals surface area contributed by atoms with Crippen LogP contribution in [0.5, 0.6) is 5.75 Å². The third-order valence-electron chi connectivity index (χ3n) is 3.41. The molecular formula is C17H16O3S. The van der Waals surface area contributed by atoms with Crippen LogP contribution in [0.25, 0.3) is 15.7 Å². The van der Waals surface area contributed by atoms with E-state index in [-0.39, 0.29) is 6.42 Å². The van der Waals surface area contributed by atoms with Crippen LogP contribution in [0.15, 0.2) is 42.5 Å². The number of carboxylic acids is 1. The first kappa shape index (κ1) is 14.0. The highest BCUT2D eigenvalue weighted by molar-refractivity contribution is 8.08. The van der Waals surface area contributed by atoms with Crippen molar-refractivity contribution in [2.75, 3.05) is 12.4 Å². The van der Waals surface area contributed by atoms with Crippen LogP contribution in [-0.4, -0.2) is 23.4 Å². The van der Waals surface area contributed by atoms with Gasteiger partial charge in [-0.2, -0.15) is 0 Å². The van der Waals surface area contributed by atoms with Crippen LogP contribution in [0.3, 0.4) is 0 Å². The van der Waals surface area contributed by atoms with Crippen LogP contribution >= 0.6 is 11.8 Å². The van der Waals surface area contributed by atoms with Gasteiger partial charge in [0.25, 0.3) is 0 Å². The second-order valence-electron chi connectivity index (χ2n) is 4.86. The molecule has 0 fully saturated rings. The van der Waals surface area contributed by atoms with Crippen LogP contribution in [0.2, 0.25) is 0 Å². The second-order valence-corrected chi connectivity index (χ2v) is 6.00. The molecule has 0 radical (unpaired) electrons. The van der Waals surface area contributed by atoms with Gasteiger partial charge in [0.15, 0.2) is 0 Å². The lowest BCUT2D eigenvalue weighted by Crippen LogP contribution is -1.97. The molecule has 3 rings (SSSR count). The normalized spacial score (nSPS) is 14.0.